The lowest BCUT2D eigenvalue weighted by atomic mass is 9.94. The first kappa shape index (κ1) is 17.0. The highest BCUT2D eigenvalue weighted by atomic mass is 32.1. The number of benzene rings is 1. The van der Waals surface area contributed by atoms with Crippen LogP contribution in [0.25, 0.3) is 26.0 Å². The molecule has 0 aliphatic heterocycles. The SMILES string of the molecule is CC1CC/C=C(/n2cnc3c(sc4cccc(N(C)C)c43)c2=O)CC2CC12. The molecule has 5 rings (SSSR count). The van der Waals surface area contributed by atoms with Crippen LogP contribution in [0.4, 0.5) is 5.69 Å². The Morgan fingerprint density at radius 3 is 2.96 bits per heavy atom. The lowest BCUT2D eigenvalue weighted by Crippen LogP contribution is -2.20. The molecule has 0 bridgehead atoms. The maximum Gasteiger partial charge on any atom is 0.275 e. The molecule has 2 aromatic heterocycles. The van der Waals surface area contributed by atoms with Gasteiger partial charge in [-0.3, -0.25) is 9.36 Å². The summed E-state index contributed by atoms with van der Waals surface area (Å²) in [5, 5.41) is 1.09. The average Bonchev–Trinajstić information content (AvgIpc) is 3.28. The van der Waals surface area contributed by atoms with E-state index in [0.29, 0.717) is 0 Å². The highest BCUT2D eigenvalue weighted by Crippen LogP contribution is 2.51. The maximum absolute atomic E-state index is 13.3. The van der Waals surface area contributed by atoms with Crippen molar-refractivity contribution in [3.05, 3.63) is 41.0 Å². The van der Waals surface area contributed by atoms with Gasteiger partial charge in [0.25, 0.3) is 5.56 Å². The molecular weight excluding hydrogens is 354 g/mol. The zero-order chi connectivity index (χ0) is 18.7. The van der Waals surface area contributed by atoms with Gasteiger partial charge < -0.3 is 4.90 Å². The van der Waals surface area contributed by atoms with Crippen molar-refractivity contribution in [2.75, 3.05) is 19.0 Å². The average molecular weight is 380 g/mol. The zero-order valence-electron chi connectivity index (χ0n) is 16.1. The Kier molecular flexibility index (Phi) is 3.90. The van der Waals surface area contributed by atoms with E-state index in [2.05, 4.69) is 36.1 Å². The molecule has 1 aromatic carbocycles. The fourth-order valence-electron chi connectivity index (χ4n) is 4.72. The Labute approximate surface area is 163 Å². The summed E-state index contributed by atoms with van der Waals surface area (Å²) >= 11 is 1.57. The number of hydrogen-bond donors (Lipinski definition) is 0. The number of hydrogen-bond acceptors (Lipinski definition) is 4. The molecule has 2 aliphatic rings. The van der Waals surface area contributed by atoms with E-state index >= 15 is 0 Å². The van der Waals surface area contributed by atoms with Crippen molar-refractivity contribution in [3.63, 3.8) is 0 Å². The predicted octanol–water partition coefficient (Wildman–Crippen LogP) is 4.97. The largest absolute Gasteiger partial charge is 0.377 e. The van der Waals surface area contributed by atoms with Gasteiger partial charge >= 0.3 is 0 Å². The summed E-state index contributed by atoms with van der Waals surface area (Å²) < 4.78 is 3.71. The van der Waals surface area contributed by atoms with Crippen LogP contribution < -0.4 is 10.5 Å². The van der Waals surface area contributed by atoms with E-state index in [4.69, 9.17) is 4.98 Å². The molecule has 3 unspecified atom stereocenters. The molecule has 2 heterocycles. The maximum atomic E-state index is 13.3. The lowest BCUT2D eigenvalue weighted by Gasteiger charge is -2.17. The van der Waals surface area contributed by atoms with E-state index < -0.39 is 0 Å². The third kappa shape index (κ3) is 2.71. The van der Waals surface area contributed by atoms with Crippen molar-refractivity contribution in [3.8, 4) is 0 Å². The van der Waals surface area contributed by atoms with E-state index in [1.807, 2.05) is 18.7 Å². The lowest BCUT2D eigenvalue weighted by molar-refractivity contribution is 0.440. The second-order valence-corrected chi connectivity index (χ2v) is 9.41. The molecule has 5 heteroatoms. The second kappa shape index (κ2) is 6.20. The summed E-state index contributed by atoms with van der Waals surface area (Å²) in [5.74, 6) is 2.42. The van der Waals surface area contributed by atoms with Gasteiger partial charge in [0.1, 0.15) is 11.0 Å². The van der Waals surface area contributed by atoms with E-state index in [-0.39, 0.29) is 5.56 Å². The van der Waals surface area contributed by atoms with Crippen molar-refractivity contribution < 1.29 is 0 Å². The highest BCUT2D eigenvalue weighted by molar-refractivity contribution is 7.25. The molecule has 0 N–H and O–H groups in total. The number of aromatic nitrogens is 2. The third-order valence-corrected chi connectivity index (χ3v) is 7.49. The first-order valence-electron chi connectivity index (χ1n) is 9.84. The van der Waals surface area contributed by atoms with Gasteiger partial charge in [-0.2, -0.15) is 0 Å². The summed E-state index contributed by atoms with van der Waals surface area (Å²) in [6.45, 7) is 2.38. The van der Waals surface area contributed by atoms with E-state index in [1.165, 1.54) is 12.8 Å². The molecule has 2 aliphatic carbocycles. The molecular formula is C22H25N3OS. The van der Waals surface area contributed by atoms with E-state index in [0.717, 1.165) is 62.3 Å². The minimum atomic E-state index is 0.0861. The smallest absolute Gasteiger partial charge is 0.275 e. The van der Waals surface area contributed by atoms with Gasteiger partial charge in [-0.05, 0) is 55.6 Å². The van der Waals surface area contributed by atoms with Crippen molar-refractivity contribution in [1.29, 1.82) is 0 Å². The van der Waals surface area contributed by atoms with Crippen LogP contribution >= 0.6 is 11.3 Å². The number of thiophene rings is 1. The van der Waals surface area contributed by atoms with Crippen molar-refractivity contribution in [2.45, 2.75) is 32.6 Å². The molecule has 3 atom stereocenters. The summed E-state index contributed by atoms with van der Waals surface area (Å²) in [6.07, 6.45) is 8.65. The summed E-state index contributed by atoms with van der Waals surface area (Å²) in [7, 11) is 4.07. The minimum Gasteiger partial charge on any atom is -0.377 e. The fourth-order valence-corrected chi connectivity index (χ4v) is 5.82. The van der Waals surface area contributed by atoms with Crippen LogP contribution in [-0.4, -0.2) is 23.6 Å². The van der Waals surface area contributed by atoms with Gasteiger partial charge in [0, 0.05) is 35.6 Å². The van der Waals surface area contributed by atoms with Gasteiger partial charge in [-0.1, -0.05) is 19.1 Å². The molecule has 0 amide bonds. The Morgan fingerprint density at radius 2 is 2.15 bits per heavy atom. The van der Waals surface area contributed by atoms with Gasteiger partial charge in [0.05, 0.1) is 5.52 Å². The number of fused-ring (bicyclic) bond motifs is 4. The molecule has 1 fully saturated rings. The first-order valence-corrected chi connectivity index (χ1v) is 10.7. The number of anilines is 1. The van der Waals surface area contributed by atoms with E-state index in [9.17, 15) is 4.79 Å². The monoisotopic (exact) mass is 379 g/mol. The van der Waals surface area contributed by atoms with E-state index in [1.54, 1.807) is 17.7 Å². The fraction of sp³-hybridized carbons (Fsp3) is 0.455. The first-order chi connectivity index (χ1) is 13.0. The molecule has 3 aromatic rings. The van der Waals surface area contributed by atoms with Crippen LogP contribution in [0.5, 0.6) is 0 Å². The van der Waals surface area contributed by atoms with Crippen molar-refractivity contribution >= 4 is 43.0 Å². The standard InChI is InChI=1S/C22H25N3OS/c1-13-6-4-7-15(10-14-11-16(13)14)25-12-23-20-19-17(24(2)3)8-5-9-18(19)27-21(20)22(25)26/h5,7-9,12-14,16H,4,6,10-11H2,1-3H3/b15-7+. The molecule has 140 valence electrons. The van der Waals surface area contributed by atoms with Gasteiger partial charge in [-0.15, -0.1) is 11.3 Å². The molecule has 4 nitrogen and oxygen atoms in total. The number of allylic oxidation sites excluding steroid dienone is 2. The number of rotatable bonds is 2. The normalized spacial score (nSPS) is 26.9. The van der Waals surface area contributed by atoms with Gasteiger partial charge in [-0.25, -0.2) is 4.98 Å². The summed E-state index contributed by atoms with van der Waals surface area (Å²) in [6, 6.07) is 6.23. The Hall–Kier alpha value is -2.14. The molecule has 27 heavy (non-hydrogen) atoms. The summed E-state index contributed by atoms with van der Waals surface area (Å²) in [4.78, 5) is 20.2. The molecule has 1 saturated carbocycles. The quantitative estimate of drug-likeness (QED) is 0.631. The topological polar surface area (TPSA) is 38.1 Å². The third-order valence-electron chi connectivity index (χ3n) is 6.36. The minimum absolute atomic E-state index is 0.0861. The molecule has 0 radical (unpaired) electrons. The predicted molar refractivity (Wildman–Crippen MR) is 115 cm³/mol. The summed E-state index contributed by atoms with van der Waals surface area (Å²) in [5.41, 5.74) is 3.19. The molecule has 0 spiro atoms. The molecule has 0 saturated heterocycles. The Morgan fingerprint density at radius 1 is 1.30 bits per heavy atom. The Bertz CT molecular complexity index is 1120. The van der Waals surface area contributed by atoms with Crippen LogP contribution in [0, 0.1) is 17.8 Å². The van der Waals surface area contributed by atoms with Crippen molar-refractivity contribution in [1.82, 2.24) is 9.55 Å². The second-order valence-electron chi connectivity index (χ2n) is 8.36. The van der Waals surface area contributed by atoms with Crippen LogP contribution in [-0.2, 0) is 0 Å². The Balaban J connectivity index is 1.66. The number of nitrogens with zero attached hydrogens (tertiary/aromatic N) is 3. The van der Waals surface area contributed by atoms with Crippen molar-refractivity contribution in [2.24, 2.45) is 17.8 Å². The van der Waals surface area contributed by atoms with Gasteiger partial charge in [0.2, 0.25) is 0 Å². The highest BCUT2D eigenvalue weighted by Gasteiger charge is 2.41. The van der Waals surface area contributed by atoms with Crippen LogP contribution in [0.3, 0.4) is 0 Å². The van der Waals surface area contributed by atoms with Crippen LogP contribution in [0.15, 0.2) is 35.4 Å². The van der Waals surface area contributed by atoms with Crippen LogP contribution in [0.2, 0.25) is 0 Å². The van der Waals surface area contributed by atoms with Gasteiger partial charge in [0.15, 0.2) is 0 Å². The zero-order valence-corrected chi connectivity index (χ0v) is 16.9. The van der Waals surface area contributed by atoms with Crippen LogP contribution in [0.1, 0.15) is 32.6 Å².